The third-order valence-electron chi connectivity index (χ3n) is 3.38. The van der Waals surface area contributed by atoms with Gasteiger partial charge in [0, 0.05) is 11.1 Å². The lowest BCUT2D eigenvalue weighted by Crippen LogP contribution is -1.85. The van der Waals surface area contributed by atoms with Crippen LogP contribution in [0, 0.1) is 0 Å². The lowest BCUT2D eigenvalue weighted by atomic mass is 10.1. The summed E-state index contributed by atoms with van der Waals surface area (Å²) in [7, 11) is 1.65. The van der Waals surface area contributed by atoms with E-state index in [1.54, 1.807) is 7.11 Å². The van der Waals surface area contributed by atoms with Crippen LogP contribution in [-0.2, 0) is 6.42 Å². The maximum absolute atomic E-state index is 6.01. The number of hydrogen-bond acceptors (Lipinski definition) is 3. The molecule has 3 nitrogen and oxygen atoms in total. The van der Waals surface area contributed by atoms with Crippen molar-refractivity contribution >= 4 is 0 Å². The number of hydrogen-bond donors (Lipinski definition) is 0. The highest BCUT2D eigenvalue weighted by Gasteiger charge is 2.15. The van der Waals surface area contributed by atoms with Gasteiger partial charge < -0.3 is 9.15 Å². The normalized spacial score (nSPS) is 10.6. The molecule has 1 aromatic heterocycles. The van der Waals surface area contributed by atoms with Crippen LogP contribution in [0.5, 0.6) is 5.75 Å². The molecule has 0 saturated heterocycles. The molecule has 3 rings (SSSR count). The third kappa shape index (κ3) is 2.68. The molecule has 3 heteroatoms. The van der Waals surface area contributed by atoms with Gasteiger partial charge in [-0.1, -0.05) is 43.3 Å². The highest BCUT2D eigenvalue weighted by Crippen LogP contribution is 2.31. The number of nitrogens with zero attached hydrogens (tertiary/aromatic N) is 1. The zero-order chi connectivity index (χ0) is 14.7. The summed E-state index contributed by atoms with van der Waals surface area (Å²) in [6, 6.07) is 17.8. The van der Waals surface area contributed by atoms with Gasteiger partial charge in [-0.2, -0.15) is 0 Å². The number of aromatic nitrogens is 1. The maximum Gasteiger partial charge on any atom is 0.227 e. The van der Waals surface area contributed by atoms with E-state index in [4.69, 9.17) is 9.15 Å². The quantitative estimate of drug-likeness (QED) is 0.701. The molecule has 0 unspecified atom stereocenters. The first-order valence-electron chi connectivity index (χ1n) is 7.01. The molecule has 2 aromatic carbocycles. The van der Waals surface area contributed by atoms with Gasteiger partial charge >= 0.3 is 0 Å². The van der Waals surface area contributed by atoms with Crippen molar-refractivity contribution in [2.24, 2.45) is 0 Å². The van der Waals surface area contributed by atoms with Crippen LogP contribution in [0.25, 0.3) is 22.8 Å². The Balaban J connectivity index is 2.07. The van der Waals surface area contributed by atoms with Gasteiger partial charge in [0.2, 0.25) is 5.89 Å². The Hall–Kier alpha value is -2.55. The first-order chi connectivity index (χ1) is 10.3. The zero-order valence-corrected chi connectivity index (χ0v) is 12.2. The molecular formula is C18H17NO2. The Kier molecular flexibility index (Phi) is 3.73. The fourth-order valence-corrected chi connectivity index (χ4v) is 2.29. The van der Waals surface area contributed by atoms with E-state index in [1.165, 1.54) is 0 Å². The van der Waals surface area contributed by atoms with E-state index in [-0.39, 0.29) is 0 Å². The van der Waals surface area contributed by atoms with Crippen LogP contribution in [0.3, 0.4) is 0 Å². The van der Waals surface area contributed by atoms with Crippen molar-refractivity contribution < 1.29 is 9.15 Å². The largest absolute Gasteiger partial charge is 0.497 e. The second-order valence-electron chi connectivity index (χ2n) is 4.75. The predicted octanol–water partition coefficient (Wildman–Crippen LogP) is 4.58. The smallest absolute Gasteiger partial charge is 0.227 e. The summed E-state index contributed by atoms with van der Waals surface area (Å²) >= 11 is 0. The van der Waals surface area contributed by atoms with Crippen molar-refractivity contribution in [2.75, 3.05) is 7.11 Å². The summed E-state index contributed by atoms with van der Waals surface area (Å²) < 4.78 is 11.3. The first-order valence-corrected chi connectivity index (χ1v) is 7.01. The van der Waals surface area contributed by atoms with Crippen molar-refractivity contribution in [2.45, 2.75) is 13.3 Å². The van der Waals surface area contributed by atoms with Crippen molar-refractivity contribution in [3.8, 4) is 28.5 Å². The molecule has 21 heavy (non-hydrogen) atoms. The van der Waals surface area contributed by atoms with Crippen molar-refractivity contribution in [1.29, 1.82) is 0 Å². The molecule has 0 aliphatic carbocycles. The Morgan fingerprint density at radius 2 is 1.76 bits per heavy atom. The minimum absolute atomic E-state index is 0.629. The van der Waals surface area contributed by atoms with Gasteiger partial charge in [0.25, 0.3) is 0 Å². The van der Waals surface area contributed by atoms with Crippen LogP contribution in [0.1, 0.15) is 12.6 Å². The monoisotopic (exact) mass is 279 g/mol. The van der Waals surface area contributed by atoms with E-state index in [0.29, 0.717) is 5.89 Å². The molecule has 106 valence electrons. The lowest BCUT2D eigenvalue weighted by molar-refractivity contribution is 0.415. The predicted molar refractivity (Wildman–Crippen MR) is 83.3 cm³/mol. The molecule has 3 aromatic rings. The van der Waals surface area contributed by atoms with Gasteiger partial charge in [-0.25, -0.2) is 4.98 Å². The van der Waals surface area contributed by atoms with E-state index >= 15 is 0 Å². The molecule has 0 fully saturated rings. The first kappa shape index (κ1) is 13.4. The number of aryl methyl sites for hydroxylation is 1. The van der Waals surface area contributed by atoms with Crippen LogP contribution in [-0.4, -0.2) is 12.1 Å². The highest BCUT2D eigenvalue weighted by atomic mass is 16.5. The molecule has 0 aliphatic heterocycles. The van der Waals surface area contributed by atoms with E-state index in [1.807, 2.05) is 54.6 Å². The molecule has 1 heterocycles. The molecule has 0 amide bonds. The van der Waals surface area contributed by atoms with Crippen LogP contribution in [0.2, 0.25) is 0 Å². The van der Waals surface area contributed by atoms with Crippen molar-refractivity contribution in [3.63, 3.8) is 0 Å². The number of rotatable bonds is 4. The van der Waals surface area contributed by atoms with Crippen LogP contribution >= 0.6 is 0 Å². The van der Waals surface area contributed by atoms with Gasteiger partial charge in [-0.3, -0.25) is 0 Å². The minimum atomic E-state index is 0.629. The average Bonchev–Trinajstić information content (AvgIpc) is 3.00. The second-order valence-corrected chi connectivity index (χ2v) is 4.75. The van der Waals surface area contributed by atoms with Crippen LogP contribution in [0.4, 0.5) is 0 Å². The summed E-state index contributed by atoms with van der Waals surface area (Å²) in [4.78, 5) is 4.63. The maximum atomic E-state index is 6.01. The summed E-state index contributed by atoms with van der Waals surface area (Å²) in [6.07, 6.45) is 0.831. The molecule has 0 radical (unpaired) electrons. The number of benzene rings is 2. The van der Waals surface area contributed by atoms with E-state index in [0.717, 1.165) is 34.8 Å². The average molecular weight is 279 g/mol. The molecular weight excluding hydrogens is 262 g/mol. The van der Waals surface area contributed by atoms with E-state index in [2.05, 4.69) is 11.9 Å². The minimum Gasteiger partial charge on any atom is -0.497 e. The lowest BCUT2D eigenvalue weighted by Gasteiger charge is -2.00. The SMILES string of the molecule is CCc1nc(-c2cccc(OC)c2)oc1-c1ccccc1. The van der Waals surface area contributed by atoms with Gasteiger partial charge in [-0.05, 0) is 24.6 Å². The molecule has 0 aliphatic rings. The topological polar surface area (TPSA) is 35.3 Å². The molecule has 0 saturated carbocycles. The Morgan fingerprint density at radius 3 is 2.48 bits per heavy atom. The molecule has 0 spiro atoms. The molecule has 0 bridgehead atoms. The number of oxazole rings is 1. The fraction of sp³-hybridized carbons (Fsp3) is 0.167. The van der Waals surface area contributed by atoms with Crippen molar-refractivity contribution in [3.05, 3.63) is 60.3 Å². The van der Waals surface area contributed by atoms with Crippen molar-refractivity contribution in [1.82, 2.24) is 4.98 Å². The van der Waals surface area contributed by atoms with E-state index in [9.17, 15) is 0 Å². The van der Waals surface area contributed by atoms with Gasteiger partial charge in [0.15, 0.2) is 5.76 Å². The Bertz CT molecular complexity index is 732. The third-order valence-corrected chi connectivity index (χ3v) is 3.38. The molecule has 0 N–H and O–H groups in total. The second kappa shape index (κ2) is 5.83. The standard InChI is InChI=1S/C18H17NO2/c1-3-16-17(13-8-5-4-6-9-13)21-18(19-16)14-10-7-11-15(12-14)20-2/h4-12H,3H2,1-2H3. The fourth-order valence-electron chi connectivity index (χ4n) is 2.29. The summed E-state index contributed by atoms with van der Waals surface area (Å²) in [5.41, 5.74) is 2.95. The Labute approximate surface area is 124 Å². The summed E-state index contributed by atoms with van der Waals surface area (Å²) in [5, 5.41) is 0. The van der Waals surface area contributed by atoms with Crippen LogP contribution in [0.15, 0.2) is 59.0 Å². The zero-order valence-electron chi connectivity index (χ0n) is 12.2. The summed E-state index contributed by atoms with van der Waals surface area (Å²) in [5.74, 6) is 2.27. The molecule has 0 atom stereocenters. The van der Waals surface area contributed by atoms with Gasteiger partial charge in [-0.15, -0.1) is 0 Å². The number of methoxy groups -OCH3 is 1. The number of ether oxygens (including phenoxy) is 1. The van der Waals surface area contributed by atoms with Crippen LogP contribution < -0.4 is 4.74 Å². The van der Waals surface area contributed by atoms with Gasteiger partial charge in [0.1, 0.15) is 5.75 Å². The van der Waals surface area contributed by atoms with Gasteiger partial charge in [0.05, 0.1) is 12.8 Å². The highest BCUT2D eigenvalue weighted by molar-refractivity contribution is 5.64. The van der Waals surface area contributed by atoms with E-state index < -0.39 is 0 Å². The Morgan fingerprint density at radius 1 is 1.00 bits per heavy atom. The summed E-state index contributed by atoms with van der Waals surface area (Å²) in [6.45, 7) is 2.08.